The molecule has 0 radical (unpaired) electrons. The fourth-order valence-corrected chi connectivity index (χ4v) is 2.99. The van der Waals surface area contributed by atoms with E-state index < -0.39 is 0 Å². The summed E-state index contributed by atoms with van der Waals surface area (Å²) in [5.41, 5.74) is 0. The first-order chi connectivity index (χ1) is 9.63. The second-order valence-corrected chi connectivity index (χ2v) is 6.13. The predicted octanol–water partition coefficient (Wildman–Crippen LogP) is 3.57. The molecular weight excluding hydrogens is 276 g/mol. The second-order valence-electron chi connectivity index (χ2n) is 4.85. The van der Waals surface area contributed by atoms with Gasteiger partial charge in [0.1, 0.15) is 0 Å². The third kappa shape index (κ3) is 11.1. The summed E-state index contributed by atoms with van der Waals surface area (Å²) in [6.07, 6.45) is 8.68. The zero-order chi connectivity index (χ0) is 15.2. The van der Waals surface area contributed by atoms with Crippen LogP contribution in [0.4, 0.5) is 0 Å². The summed E-state index contributed by atoms with van der Waals surface area (Å²) >= 11 is 1.49. The molecule has 0 rings (SSSR count). The molecule has 4 nitrogen and oxygen atoms in total. The van der Waals surface area contributed by atoms with Gasteiger partial charge in [0.25, 0.3) is 0 Å². The third-order valence-electron chi connectivity index (χ3n) is 3.17. The number of carbonyl (C=O) groups excluding carboxylic acids is 2. The lowest BCUT2D eigenvalue weighted by atomic mass is 10.1. The molecule has 0 N–H and O–H groups in total. The molecule has 0 aromatic rings. The lowest BCUT2D eigenvalue weighted by Gasteiger charge is -2.14. The quantitative estimate of drug-likeness (QED) is 0.407. The molecule has 0 aliphatic rings. The van der Waals surface area contributed by atoms with Crippen LogP contribution in [0.1, 0.15) is 58.3 Å². The van der Waals surface area contributed by atoms with Crippen LogP contribution in [0.25, 0.3) is 0 Å². The van der Waals surface area contributed by atoms with Gasteiger partial charge >= 0.3 is 11.9 Å². The molecule has 0 bridgehead atoms. The van der Waals surface area contributed by atoms with E-state index in [0.717, 1.165) is 12.8 Å². The van der Waals surface area contributed by atoms with Crippen molar-refractivity contribution in [3.8, 4) is 0 Å². The van der Waals surface area contributed by atoms with Crippen LogP contribution in [0, 0.1) is 0 Å². The first-order valence-corrected chi connectivity index (χ1v) is 8.44. The van der Waals surface area contributed by atoms with Gasteiger partial charge in [-0.15, -0.1) is 11.8 Å². The van der Waals surface area contributed by atoms with E-state index in [0.29, 0.717) is 12.2 Å². The highest BCUT2D eigenvalue weighted by atomic mass is 32.2. The van der Waals surface area contributed by atoms with E-state index in [1.807, 2.05) is 0 Å². The first-order valence-electron chi connectivity index (χ1n) is 7.39. The van der Waals surface area contributed by atoms with Crippen LogP contribution < -0.4 is 0 Å². The van der Waals surface area contributed by atoms with Gasteiger partial charge in [-0.1, -0.05) is 45.4 Å². The monoisotopic (exact) mass is 304 g/mol. The maximum atomic E-state index is 11.4. The molecule has 0 aliphatic heterocycles. The highest BCUT2D eigenvalue weighted by molar-refractivity contribution is 8.00. The smallest absolute Gasteiger partial charge is 0.315 e. The zero-order valence-corrected chi connectivity index (χ0v) is 13.8. The summed E-state index contributed by atoms with van der Waals surface area (Å²) < 4.78 is 9.33. The molecule has 0 aliphatic carbocycles. The van der Waals surface area contributed by atoms with Crippen molar-refractivity contribution in [2.24, 2.45) is 0 Å². The molecule has 0 saturated carbocycles. The number of carbonyl (C=O) groups is 2. The summed E-state index contributed by atoms with van der Waals surface area (Å²) in [6.45, 7) is 2.20. The molecule has 5 heteroatoms. The Morgan fingerprint density at radius 1 is 0.950 bits per heavy atom. The molecule has 0 saturated heterocycles. The van der Waals surface area contributed by atoms with Crippen molar-refractivity contribution in [2.75, 3.05) is 20.0 Å². The van der Waals surface area contributed by atoms with Crippen molar-refractivity contribution >= 4 is 23.7 Å². The summed E-state index contributed by atoms with van der Waals surface area (Å²) in [5.74, 6) is -0.153. The lowest BCUT2D eigenvalue weighted by molar-refractivity contribution is -0.141. The molecule has 20 heavy (non-hydrogen) atoms. The fourth-order valence-electron chi connectivity index (χ4n) is 1.91. The van der Waals surface area contributed by atoms with Crippen molar-refractivity contribution in [1.29, 1.82) is 0 Å². The minimum atomic E-state index is -0.243. The number of methoxy groups -OCH3 is 2. The van der Waals surface area contributed by atoms with E-state index >= 15 is 0 Å². The molecular formula is C15H28O4S. The number of thioether (sulfide) groups is 1. The maximum absolute atomic E-state index is 11.4. The molecule has 0 fully saturated rings. The minimum Gasteiger partial charge on any atom is -0.469 e. The van der Waals surface area contributed by atoms with Gasteiger partial charge in [-0.2, -0.15) is 0 Å². The molecule has 1 atom stereocenters. The SMILES string of the molecule is CCCCCCCCC(CC(=O)OC)SCC(=O)OC. The predicted molar refractivity (Wildman–Crippen MR) is 82.9 cm³/mol. The van der Waals surface area contributed by atoms with Crippen molar-refractivity contribution in [2.45, 2.75) is 63.5 Å². The van der Waals surface area contributed by atoms with Crippen LogP contribution in [0.3, 0.4) is 0 Å². The Morgan fingerprint density at radius 2 is 1.55 bits per heavy atom. The number of rotatable bonds is 12. The van der Waals surface area contributed by atoms with Crippen LogP contribution >= 0.6 is 11.8 Å². The Balaban J connectivity index is 3.91. The minimum absolute atomic E-state index is 0.146. The summed E-state index contributed by atoms with van der Waals surface area (Å²) in [4.78, 5) is 22.5. The Bertz CT molecular complexity index is 269. The average molecular weight is 304 g/mol. The molecule has 0 heterocycles. The summed E-state index contributed by atoms with van der Waals surface area (Å²) in [6, 6.07) is 0. The molecule has 0 aromatic heterocycles. The number of ether oxygens (including phenoxy) is 2. The normalized spacial score (nSPS) is 11.9. The molecule has 0 amide bonds. The Labute approximate surface area is 127 Å². The van der Waals surface area contributed by atoms with Crippen molar-refractivity contribution in [3.05, 3.63) is 0 Å². The number of unbranched alkanes of at least 4 members (excludes halogenated alkanes) is 5. The highest BCUT2D eigenvalue weighted by Crippen LogP contribution is 2.22. The van der Waals surface area contributed by atoms with Gasteiger partial charge < -0.3 is 9.47 Å². The van der Waals surface area contributed by atoms with E-state index in [1.165, 1.54) is 58.1 Å². The summed E-state index contributed by atoms with van der Waals surface area (Å²) in [5, 5.41) is 0.146. The van der Waals surface area contributed by atoms with Crippen LogP contribution in [-0.2, 0) is 19.1 Å². The lowest BCUT2D eigenvalue weighted by Crippen LogP contribution is -2.15. The first kappa shape index (κ1) is 19.3. The van der Waals surface area contributed by atoms with E-state index in [-0.39, 0.29) is 17.2 Å². The van der Waals surface area contributed by atoms with Crippen LogP contribution in [-0.4, -0.2) is 37.2 Å². The molecule has 118 valence electrons. The number of hydrogen-bond acceptors (Lipinski definition) is 5. The molecule has 0 aromatic carbocycles. The van der Waals surface area contributed by atoms with Crippen molar-refractivity contribution in [1.82, 2.24) is 0 Å². The molecule has 1 unspecified atom stereocenters. The number of hydrogen-bond donors (Lipinski definition) is 0. The van der Waals surface area contributed by atoms with Gasteiger partial charge in [0, 0.05) is 5.25 Å². The van der Waals surface area contributed by atoms with Crippen LogP contribution in [0.15, 0.2) is 0 Å². The highest BCUT2D eigenvalue weighted by Gasteiger charge is 2.16. The summed E-state index contributed by atoms with van der Waals surface area (Å²) in [7, 11) is 2.78. The van der Waals surface area contributed by atoms with Gasteiger partial charge in [-0.25, -0.2) is 0 Å². The van der Waals surface area contributed by atoms with E-state index in [9.17, 15) is 9.59 Å². The van der Waals surface area contributed by atoms with Gasteiger partial charge in [-0.3, -0.25) is 9.59 Å². The maximum Gasteiger partial charge on any atom is 0.315 e. The Morgan fingerprint density at radius 3 is 2.15 bits per heavy atom. The molecule has 0 spiro atoms. The topological polar surface area (TPSA) is 52.6 Å². The van der Waals surface area contributed by atoms with Crippen molar-refractivity contribution in [3.63, 3.8) is 0 Å². The number of esters is 2. The van der Waals surface area contributed by atoms with E-state index in [4.69, 9.17) is 4.74 Å². The van der Waals surface area contributed by atoms with E-state index in [2.05, 4.69) is 11.7 Å². The van der Waals surface area contributed by atoms with Crippen LogP contribution in [0.5, 0.6) is 0 Å². The fraction of sp³-hybridized carbons (Fsp3) is 0.867. The Hall–Kier alpha value is -0.710. The van der Waals surface area contributed by atoms with E-state index in [1.54, 1.807) is 0 Å². The third-order valence-corrected chi connectivity index (χ3v) is 4.44. The second kappa shape index (κ2) is 13.3. The van der Waals surface area contributed by atoms with Gasteiger partial charge in [0.05, 0.1) is 26.4 Å². The zero-order valence-electron chi connectivity index (χ0n) is 13.0. The van der Waals surface area contributed by atoms with Crippen LogP contribution in [0.2, 0.25) is 0 Å². The largest absolute Gasteiger partial charge is 0.469 e. The van der Waals surface area contributed by atoms with Gasteiger partial charge in [0.2, 0.25) is 0 Å². The van der Waals surface area contributed by atoms with Gasteiger partial charge in [0.15, 0.2) is 0 Å². The standard InChI is InChI=1S/C15H28O4S/c1-4-5-6-7-8-9-10-13(11-14(16)18-2)20-12-15(17)19-3/h13H,4-12H2,1-3H3. The Kier molecular flexibility index (Phi) is 12.8. The average Bonchev–Trinajstić information content (AvgIpc) is 2.47. The van der Waals surface area contributed by atoms with Gasteiger partial charge in [-0.05, 0) is 6.42 Å². The van der Waals surface area contributed by atoms with Crippen molar-refractivity contribution < 1.29 is 19.1 Å².